The van der Waals surface area contributed by atoms with Gasteiger partial charge < -0.3 is 18.0 Å². The van der Waals surface area contributed by atoms with E-state index in [-0.39, 0.29) is 0 Å². The van der Waals surface area contributed by atoms with Crippen LogP contribution in [-0.4, -0.2) is 24.1 Å². The monoisotopic (exact) mass is 1440 g/mol. The first-order valence-electron chi connectivity index (χ1n) is 36.8. The van der Waals surface area contributed by atoms with Gasteiger partial charge in [0.25, 0.3) is 0 Å². The second kappa shape index (κ2) is 24.4. The Balaban J connectivity index is 0.885. The predicted molar refractivity (Wildman–Crippen MR) is 459 cm³/mol. The van der Waals surface area contributed by atoms with Crippen molar-refractivity contribution in [3.63, 3.8) is 0 Å². The van der Waals surface area contributed by atoms with Crippen molar-refractivity contribution in [1.82, 2.24) is 24.1 Å². The number of hydrogen-bond donors (Lipinski definition) is 0. The predicted octanol–water partition coefficient (Wildman–Crippen LogP) is 28.5. The van der Waals surface area contributed by atoms with E-state index in [0.717, 1.165) is 171 Å². The normalized spacial score (nSPS) is 12.0. The van der Waals surface area contributed by atoms with Crippen molar-refractivity contribution in [3.05, 3.63) is 351 Å². The minimum Gasteiger partial charge on any atom is -0.455 e. The largest absolute Gasteiger partial charge is 0.455 e. The van der Waals surface area contributed by atoms with Crippen LogP contribution in [0.5, 0.6) is 0 Å². The third-order valence-corrected chi connectivity index (χ3v) is 24.5. The van der Waals surface area contributed by atoms with Crippen LogP contribution in [0.4, 0.5) is 5.69 Å². The van der Waals surface area contributed by atoms with Gasteiger partial charge in [-0.3, -0.25) is 0 Å². The van der Waals surface area contributed by atoms with Crippen LogP contribution in [0.25, 0.3) is 234 Å². The summed E-state index contributed by atoms with van der Waals surface area (Å²) in [5.41, 5.74) is 21.1. The summed E-state index contributed by atoms with van der Waals surface area (Å²) in [6, 6.07) is 121. The van der Waals surface area contributed by atoms with E-state index in [1.807, 2.05) is 0 Å². The molecule has 0 bridgehead atoms. The summed E-state index contributed by atoms with van der Waals surface area (Å²) in [7, 11) is 0. The van der Waals surface area contributed by atoms with Crippen molar-refractivity contribution >= 4 is 156 Å². The molecule has 0 aliphatic heterocycles. The van der Waals surface area contributed by atoms with Gasteiger partial charge in [-0.05, 0) is 177 Å². The van der Waals surface area contributed by atoms with Gasteiger partial charge in [-0.2, -0.15) is 0 Å². The fourth-order valence-corrected chi connectivity index (χ4v) is 19.3. The molecular weight excluding hydrogens is 1380 g/mol. The Labute approximate surface area is 637 Å². The number of aromatic nitrogens is 5. The van der Waals surface area contributed by atoms with E-state index < -0.39 is 0 Å². The Hall–Kier alpha value is -14.3. The molecule has 0 N–H and O–H groups in total. The summed E-state index contributed by atoms with van der Waals surface area (Å²) in [4.78, 5) is 22.0. The zero-order chi connectivity index (χ0) is 72.2. The van der Waals surface area contributed by atoms with Crippen molar-refractivity contribution in [2.75, 3.05) is 0 Å². The number of fused-ring (bicyclic) bond motifs is 20. The fourth-order valence-electron chi connectivity index (χ4n) is 17.1. The summed E-state index contributed by atoms with van der Waals surface area (Å²) in [5, 5.41) is 12.4. The van der Waals surface area contributed by atoms with Crippen LogP contribution in [-0.2, 0) is 0 Å². The quantitative estimate of drug-likeness (QED) is 0.128. The van der Waals surface area contributed by atoms with Crippen LogP contribution >= 0.6 is 22.7 Å². The maximum absolute atomic E-state index is 9.92. The second-order valence-corrected chi connectivity index (χ2v) is 30.5. The summed E-state index contributed by atoms with van der Waals surface area (Å²) in [5.74, 6) is 1.38. The maximum Gasteiger partial charge on any atom is 0.212 e. The first kappa shape index (κ1) is 61.9. The SMILES string of the molecule is [C-]#[N+]c1cc(-c2nc(-c3ccc4sc5ccccc5c4c3)nc(-c3ccc4sc5ccccc5c4c3)n2)c(-n2c3ccc(-c4ccccc4)cc3c3c4oc5ccc(-c6ccccc6)cc5c4ccc32)c(-c2ccccc2)c1-n1c2ccc(-c3ccccc3)cc2c2c3oc4ccc(-c5ccccc5)cc4c3ccc21. The minimum atomic E-state index is 0.382. The molecule has 0 amide bonds. The third-order valence-electron chi connectivity index (χ3n) is 22.2. The van der Waals surface area contributed by atoms with E-state index in [1.54, 1.807) is 22.7 Å². The molecule has 0 radical (unpaired) electrons. The zero-order valence-corrected chi connectivity index (χ0v) is 60.3. The number of furan rings is 2. The zero-order valence-electron chi connectivity index (χ0n) is 58.6. The Morgan fingerprint density at radius 1 is 0.264 bits per heavy atom. The van der Waals surface area contributed by atoms with Crippen LogP contribution < -0.4 is 0 Å². The molecule has 510 valence electrons. The molecule has 110 heavy (non-hydrogen) atoms. The highest BCUT2D eigenvalue weighted by molar-refractivity contribution is 7.26. The molecule has 0 aliphatic rings. The van der Waals surface area contributed by atoms with Gasteiger partial charge in [0, 0.05) is 94.9 Å². The lowest BCUT2D eigenvalue weighted by molar-refractivity contribution is 0.672. The van der Waals surface area contributed by atoms with Gasteiger partial charge in [0.05, 0.1) is 50.8 Å². The minimum absolute atomic E-state index is 0.382. The molecule has 7 heterocycles. The van der Waals surface area contributed by atoms with Gasteiger partial charge >= 0.3 is 0 Å². The first-order chi connectivity index (χ1) is 54.5. The molecule has 0 fully saturated rings. The number of hydrogen-bond acceptors (Lipinski definition) is 7. The fraction of sp³-hybridized carbons (Fsp3) is 0. The topological polar surface area (TPSA) is 79.2 Å². The van der Waals surface area contributed by atoms with Crippen LogP contribution in [0.15, 0.2) is 349 Å². The molecule has 23 rings (SSSR count). The van der Waals surface area contributed by atoms with Crippen molar-refractivity contribution in [2.45, 2.75) is 0 Å². The van der Waals surface area contributed by atoms with Gasteiger partial charge in [0.2, 0.25) is 5.69 Å². The van der Waals surface area contributed by atoms with Crippen molar-refractivity contribution in [2.24, 2.45) is 0 Å². The van der Waals surface area contributed by atoms with Crippen molar-refractivity contribution in [3.8, 4) is 101 Å². The van der Waals surface area contributed by atoms with Crippen molar-refractivity contribution < 1.29 is 8.83 Å². The lowest BCUT2D eigenvalue weighted by Gasteiger charge is -2.24. The summed E-state index contributed by atoms with van der Waals surface area (Å²) < 4.78 is 24.1. The molecule has 0 saturated carbocycles. The van der Waals surface area contributed by atoms with Gasteiger partial charge in [0.15, 0.2) is 17.5 Å². The van der Waals surface area contributed by atoms with Crippen LogP contribution in [0, 0.1) is 6.57 Å². The lowest BCUT2D eigenvalue weighted by atomic mass is 9.94. The van der Waals surface area contributed by atoms with Gasteiger partial charge in [-0.15, -0.1) is 22.7 Å². The van der Waals surface area contributed by atoms with E-state index in [4.69, 9.17) is 28.6 Å². The van der Waals surface area contributed by atoms with Crippen LogP contribution in [0.3, 0.4) is 0 Å². The number of rotatable bonds is 10. The summed E-state index contributed by atoms with van der Waals surface area (Å²) in [6.45, 7) is 9.92. The molecule has 16 aromatic carbocycles. The maximum atomic E-state index is 9.92. The van der Waals surface area contributed by atoms with E-state index in [0.29, 0.717) is 34.4 Å². The standard InChI is InChI=1S/C100H56N6O2S2/c1-101-80-57-79(100-103-98(67-39-49-89-75(55-67)69-31-17-19-33-87(69)109-89)102-99(104-100)68-40-50-90-76(56-68)70-32-18-20-34-88(70)110-90)94(105-81-43-35-63(58-21-7-2-8-22-58)53-77(81)92-83(105)45-41-71-73-51-65(60-25-11-4-12-26-60)37-47-85(73)107-96(71)92)91(62-29-15-6-16-30-62)95(80)106-82-44-36-64(59-23-9-3-10-24-59)54-78(82)93-84(106)46-42-72-74-52-66(61-27-13-5-14-28-61)38-48-86(74)108-97(72)93/h2-57H. The van der Waals surface area contributed by atoms with Crippen LogP contribution in [0.1, 0.15) is 0 Å². The third kappa shape index (κ3) is 9.58. The Bertz CT molecular complexity index is 7710. The molecule has 10 heteroatoms. The lowest BCUT2D eigenvalue weighted by Crippen LogP contribution is -2.08. The van der Waals surface area contributed by atoms with Gasteiger partial charge in [-0.1, -0.05) is 212 Å². The number of benzene rings is 16. The first-order valence-corrected chi connectivity index (χ1v) is 38.4. The molecular formula is C100H56N6O2S2. The van der Waals surface area contributed by atoms with Crippen LogP contribution in [0.2, 0.25) is 0 Å². The molecule has 8 nitrogen and oxygen atoms in total. The molecule has 0 saturated heterocycles. The molecule has 7 aromatic heterocycles. The smallest absolute Gasteiger partial charge is 0.212 e. The summed E-state index contributed by atoms with van der Waals surface area (Å²) >= 11 is 3.56. The summed E-state index contributed by atoms with van der Waals surface area (Å²) in [6.07, 6.45) is 0. The van der Waals surface area contributed by atoms with Gasteiger partial charge in [0.1, 0.15) is 22.3 Å². The average Bonchev–Trinajstić information content (AvgIpc) is 1.51. The Morgan fingerprint density at radius 2 is 0.618 bits per heavy atom. The van der Waals surface area contributed by atoms with Gasteiger partial charge in [-0.25, -0.2) is 19.8 Å². The van der Waals surface area contributed by atoms with E-state index in [1.165, 1.54) is 29.6 Å². The highest BCUT2D eigenvalue weighted by Gasteiger charge is 2.32. The highest BCUT2D eigenvalue weighted by Crippen LogP contribution is 2.53. The molecule has 0 spiro atoms. The Morgan fingerprint density at radius 3 is 1.06 bits per heavy atom. The molecule has 0 unspecified atom stereocenters. The van der Waals surface area contributed by atoms with E-state index in [9.17, 15) is 6.57 Å². The second-order valence-electron chi connectivity index (χ2n) is 28.3. The molecule has 23 aromatic rings. The van der Waals surface area contributed by atoms with Crippen molar-refractivity contribution in [1.29, 1.82) is 0 Å². The molecule has 0 aliphatic carbocycles. The molecule has 0 atom stereocenters. The Kier molecular flexibility index (Phi) is 13.7. The highest BCUT2D eigenvalue weighted by atomic mass is 32.1. The average molecular weight is 1440 g/mol. The number of thiophene rings is 2. The van der Waals surface area contributed by atoms with E-state index in [2.05, 4.69) is 349 Å². The van der Waals surface area contributed by atoms with E-state index >= 15 is 0 Å². The number of nitrogens with zero attached hydrogens (tertiary/aromatic N) is 6.